The molecule has 0 aliphatic heterocycles. The predicted octanol–water partition coefficient (Wildman–Crippen LogP) is 2.30. The van der Waals surface area contributed by atoms with E-state index in [-0.39, 0.29) is 18.8 Å². The second-order valence-electron chi connectivity index (χ2n) is 4.18. The fourth-order valence-corrected chi connectivity index (χ4v) is 1.68. The first-order chi connectivity index (χ1) is 9.58. The van der Waals surface area contributed by atoms with E-state index in [1.165, 1.54) is 6.26 Å². The summed E-state index contributed by atoms with van der Waals surface area (Å²) in [4.78, 5) is 10.9. The van der Waals surface area contributed by atoms with Crippen LogP contribution in [0.4, 0.5) is 0 Å². The van der Waals surface area contributed by atoms with Crippen molar-refractivity contribution >= 4 is 30.5 Å². The molecule has 0 bridgehead atoms. The highest BCUT2D eigenvalue weighted by Gasteiger charge is 2.14. The number of ether oxygens (including phenoxy) is 2. The summed E-state index contributed by atoms with van der Waals surface area (Å²) in [6.07, 6.45) is 6.90. The van der Waals surface area contributed by atoms with Crippen molar-refractivity contribution in [3.8, 4) is 0 Å². The number of nitrogens with two attached hydrogens (primary N) is 1. The molecule has 0 heterocycles. The van der Waals surface area contributed by atoms with Crippen LogP contribution < -0.4 is 5.73 Å². The van der Waals surface area contributed by atoms with Crippen LogP contribution in [0.15, 0.2) is 30.7 Å². The van der Waals surface area contributed by atoms with Gasteiger partial charge in [0.2, 0.25) is 0 Å². The summed E-state index contributed by atoms with van der Waals surface area (Å²) < 4.78 is 9.75. The molecule has 0 fully saturated rings. The van der Waals surface area contributed by atoms with Crippen LogP contribution in [0.3, 0.4) is 0 Å². The number of hydrogen-bond acceptors (Lipinski definition) is 4. The van der Waals surface area contributed by atoms with Gasteiger partial charge in [-0.1, -0.05) is 18.2 Å². The van der Waals surface area contributed by atoms with Crippen LogP contribution in [0.1, 0.15) is 16.7 Å². The van der Waals surface area contributed by atoms with Crippen molar-refractivity contribution in [1.29, 1.82) is 0 Å². The minimum absolute atomic E-state index is 0. The van der Waals surface area contributed by atoms with E-state index < -0.39 is 12.0 Å². The van der Waals surface area contributed by atoms with E-state index in [9.17, 15) is 4.79 Å². The van der Waals surface area contributed by atoms with E-state index >= 15 is 0 Å². The predicted molar refractivity (Wildman–Crippen MR) is 85.1 cm³/mol. The zero-order chi connectivity index (χ0) is 15.0. The molecule has 1 atom stereocenters. The lowest BCUT2D eigenvalue weighted by Gasteiger charge is -2.11. The largest absolute Gasteiger partial charge is 0.504 e. The summed E-state index contributed by atoms with van der Waals surface area (Å²) in [6.45, 7) is 0. The topological polar surface area (TPSA) is 81.8 Å². The van der Waals surface area contributed by atoms with Gasteiger partial charge in [0, 0.05) is 0 Å². The molecule has 0 saturated carbocycles. The molecule has 6 heteroatoms. The number of aliphatic carboxylic acids is 1. The Morgan fingerprint density at radius 1 is 1.29 bits per heavy atom. The van der Waals surface area contributed by atoms with E-state index in [0.717, 1.165) is 16.7 Å². The molecule has 0 amide bonds. The van der Waals surface area contributed by atoms with Crippen molar-refractivity contribution in [3.63, 3.8) is 0 Å². The number of halogens is 1. The number of carbonyl (C=O) groups is 1. The SMILES string of the molecule is COC=Cc1ccc(C=COC)c(C[C@H](N)C(=O)O)c1.Cl. The van der Waals surface area contributed by atoms with Crippen LogP contribution >= 0.6 is 12.4 Å². The molecule has 0 saturated heterocycles. The zero-order valence-corrected chi connectivity index (χ0v) is 12.8. The molecule has 1 aromatic rings. The fraction of sp³-hybridized carbons (Fsp3) is 0.267. The van der Waals surface area contributed by atoms with Gasteiger partial charge < -0.3 is 20.3 Å². The third kappa shape index (κ3) is 6.33. The maximum absolute atomic E-state index is 10.9. The normalized spacial score (nSPS) is 12.1. The number of carboxylic acids is 1. The van der Waals surface area contributed by atoms with E-state index in [1.807, 2.05) is 18.2 Å². The number of hydrogen-bond donors (Lipinski definition) is 2. The van der Waals surface area contributed by atoms with E-state index in [1.54, 1.807) is 32.6 Å². The average molecular weight is 314 g/mol. The highest BCUT2D eigenvalue weighted by atomic mass is 35.5. The molecule has 3 N–H and O–H groups in total. The van der Waals surface area contributed by atoms with Gasteiger partial charge in [-0.15, -0.1) is 12.4 Å². The van der Waals surface area contributed by atoms with E-state index in [4.69, 9.17) is 20.3 Å². The first-order valence-corrected chi connectivity index (χ1v) is 6.08. The number of benzene rings is 1. The maximum Gasteiger partial charge on any atom is 0.320 e. The van der Waals surface area contributed by atoms with Gasteiger partial charge >= 0.3 is 5.97 Å². The van der Waals surface area contributed by atoms with Gasteiger partial charge in [-0.05, 0) is 35.3 Å². The molecule has 0 radical (unpaired) electrons. The molecule has 0 aliphatic carbocycles. The molecule has 21 heavy (non-hydrogen) atoms. The average Bonchev–Trinajstić information content (AvgIpc) is 2.43. The van der Waals surface area contributed by atoms with Crippen molar-refractivity contribution in [2.24, 2.45) is 5.73 Å². The van der Waals surface area contributed by atoms with Crippen LogP contribution in [-0.4, -0.2) is 31.3 Å². The summed E-state index contributed by atoms with van der Waals surface area (Å²) >= 11 is 0. The molecule has 1 aromatic carbocycles. The number of methoxy groups -OCH3 is 2. The van der Waals surface area contributed by atoms with E-state index in [0.29, 0.717) is 0 Å². The quantitative estimate of drug-likeness (QED) is 0.755. The second kappa shape index (κ2) is 9.85. The van der Waals surface area contributed by atoms with Crippen molar-refractivity contribution < 1.29 is 19.4 Å². The molecular weight excluding hydrogens is 294 g/mol. The Morgan fingerprint density at radius 2 is 1.90 bits per heavy atom. The molecule has 0 aromatic heterocycles. The van der Waals surface area contributed by atoms with Gasteiger partial charge in [-0.2, -0.15) is 0 Å². The Bertz CT molecular complexity index is 514. The highest BCUT2D eigenvalue weighted by molar-refractivity contribution is 5.85. The monoisotopic (exact) mass is 313 g/mol. The van der Waals surface area contributed by atoms with Crippen LogP contribution in [0.25, 0.3) is 12.2 Å². The standard InChI is InChI=1S/C15H19NO4.ClH/c1-19-7-5-11-3-4-12(6-8-20-2)13(9-11)10-14(16)15(17)18;/h3-9,14H,10,16H2,1-2H3,(H,17,18);1H/t14-;/m0./s1. The smallest absolute Gasteiger partial charge is 0.320 e. The third-order valence-electron chi connectivity index (χ3n) is 2.70. The summed E-state index contributed by atoms with van der Waals surface area (Å²) in [5, 5.41) is 8.92. The Kier molecular flexibility index (Phi) is 8.92. The Hall–Kier alpha value is -1.98. The van der Waals surface area contributed by atoms with Gasteiger partial charge in [0.1, 0.15) is 6.04 Å². The van der Waals surface area contributed by atoms with Gasteiger partial charge in [-0.25, -0.2) is 0 Å². The van der Waals surface area contributed by atoms with Crippen molar-refractivity contribution in [2.45, 2.75) is 12.5 Å². The summed E-state index contributed by atoms with van der Waals surface area (Å²) in [6, 6.07) is 4.73. The third-order valence-corrected chi connectivity index (χ3v) is 2.70. The Balaban J connectivity index is 0.00000400. The minimum atomic E-state index is -1.02. The van der Waals surface area contributed by atoms with Gasteiger partial charge in [-0.3, -0.25) is 4.79 Å². The lowest BCUT2D eigenvalue weighted by atomic mass is 9.98. The van der Waals surface area contributed by atoms with Crippen LogP contribution in [-0.2, 0) is 20.7 Å². The summed E-state index contributed by atoms with van der Waals surface area (Å²) in [5.74, 6) is -1.02. The molecule has 5 nitrogen and oxygen atoms in total. The Morgan fingerprint density at radius 3 is 2.48 bits per heavy atom. The molecule has 0 spiro atoms. The fourth-order valence-electron chi connectivity index (χ4n) is 1.68. The van der Waals surface area contributed by atoms with Gasteiger partial charge in [0.15, 0.2) is 0 Å². The minimum Gasteiger partial charge on any atom is -0.504 e. The van der Waals surface area contributed by atoms with Crippen molar-refractivity contribution in [3.05, 3.63) is 47.4 Å². The first kappa shape index (κ1) is 19.0. The molecule has 116 valence electrons. The molecular formula is C15H20ClNO4. The van der Waals surface area contributed by atoms with Crippen molar-refractivity contribution in [1.82, 2.24) is 0 Å². The van der Waals surface area contributed by atoms with Crippen LogP contribution in [0, 0.1) is 0 Å². The van der Waals surface area contributed by atoms with Crippen LogP contribution in [0.2, 0.25) is 0 Å². The molecule has 0 unspecified atom stereocenters. The summed E-state index contributed by atoms with van der Waals surface area (Å²) in [5.41, 5.74) is 8.22. The van der Waals surface area contributed by atoms with Crippen molar-refractivity contribution in [2.75, 3.05) is 14.2 Å². The lowest BCUT2D eigenvalue weighted by Crippen LogP contribution is -2.32. The number of rotatable bonds is 7. The summed E-state index contributed by atoms with van der Waals surface area (Å²) in [7, 11) is 3.11. The maximum atomic E-state index is 10.9. The highest BCUT2D eigenvalue weighted by Crippen LogP contribution is 2.17. The molecule has 0 aliphatic rings. The Labute approximate surface area is 130 Å². The molecule has 1 rings (SSSR count). The lowest BCUT2D eigenvalue weighted by molar-refractivity contribution is -0.138. The zero-order valence-electron chi connectivity index (χ0n) is 12.0. The van der Waals surface area contributed by atoms with Gasteiger partial charge in [0.05, 0.1) is 26.7 Å². The van der Waals surface area contributed by atoms with Crippen LogP contribution in [0.5, 0.6) is 0 Å². The van der Waals surface area contributed by atoms with Gasteiger partial charge in [0.25, 0.3) is 0 Å². The first-order valence-electron chi connectivity index (χ1n) is 6.08. The number of carboxylic acid groups (broad SMARTS) is 1. The second-order valence-corrected chi connectivity index (χ2v) is 4.18. The van der Waals surface area contributed by atoms with E-state index in [2.05, 4.69) is 0 Å².